The Morgan fingerprint density at radius 2 is 1.97 bits per heavy atom. The number of aromatic nitrogens is 3. The number of carbonyl (C=O) groups is 1. The van der Waals surface area contributed by atoms with Crippen molar-refractivity contribution in [1.82, 2.24) is 19.4 Å². The van der Waals surface area contributed by atoms with Crippen LogP contribution in [0.15, 0.2) is 35.3 Å². The summed E-state index contributed by atoms with van der Waals surface area (Å²) in [6, 6.07) is 6.78. The molecule has 35 heavy (non-hydrogen) atoms. The van der Waals surface area contributed by atoms with Crippen LogP contribution in [0.1, 0.15) is 33.3 Å². The molecule has 0 amide bonds. The maximum Gasteiger partial charge on any atom is 0.325 e. The van der Waals surface area contributed by atoms with Gasteiger partial charge in [0.1, 0.15) is 24.2 Å². The number of imidazole rings is 1. The Hall–Kier alpha value is -3.17. The fourth-order valence-corrected chi connectivity index (χ4v) is 3.91. The fraction of sp³-hybridized carbons (Fsp3) is 0.500. The number of benzene rings is 1. The molecule has 1 aromatic carbocycles. The Kier molecular flexibility index (Phi) is 8.69. The van der Waals surface area contributed by atoms with Gasteiger partial charge in [0.2, 0.25) is 0 Å². The molecule has 2 N–H and O–H groups in total. The van der Waals surface area contributed by atoms with Crippen LogP contribution in [0.25, 0.3) is 22.4 Å². The zero-order valence-electron chi connectivity index (χ0n) is 21.4. The van der Waals surface area contributed by atoms with E-state index >= 15 is 0 Å². The van der Waals surface area contributed by atoms with Crippen molar-refractivity contribution in [2.45, 2.75) is 53.3 Å². The number of aliphatic hydroxyl groups is 1. The van der Waals surface area contributed by atoms with Crippen LogP contribution in [0.4, 0.5) is 0 Å². The average molecular weight is 485 g/mol. The number of aryl methyl sites for hydroxylation is 3. The van der Waals surface area contributed by atoms with Crippen LogP contribution in [0, 0.1) is 12.8 Å². The molecule has 0 bridgehead atoms. The SMILES string of the molecule is CCn1c(-c2cc(C)c(=O)n(C)c2)nc2cc(OCCN[C@H](C(=O)OCC(C)C)C(C)O)ccc21. The number of hydrogen-bond donors (Lipinski definition) is 2. The number of fused-ring (bicyclic) bond motifs is 1. The third-order valence-corrected chi connectivity index (χ3v) is 5.69. The standard InChI is InChI=1S/C26H36N4O5/c1-7-30-22-9-8-20(34-11-10-27-23(18(5)31)26(33)35-15-16(2)3)13-21(22)28-24(30)19-12-17(4)25(32)29(6)14-19/h8-9,12-14,16,18,23,27,31H,7,10-11,15H2,1-6H3/t18?,23-/m0/s1. The highest BCUT2D eigenvalue weighted by molar-refractivity contribution is 5.82. The van der Waals surface area contributed by atoms with E-state index in [4.69, 9.17) is 14.5 Å². The predicted octanol–water partition coefficient (Wildman–Crippen LogP) is 2.65. The summed E-state index contributed by atoms with van der Waals surface area (Å²) in [7, 11) is 1.74. The summed E-state index contributed by atoms with van der Waals surface area (Å²) < 4.78 is 14.8. The summed E-state index contributed by atoms with van der Waals surface area (Å²) in [5, 5.41) is 13.0. The number of esters is 1. The Bertz CT molecular complexity index is 1200. The van der Waals surface area contributed by atoms with Crippen molar-refractivity contribution in [2.75, 3.05) is 19.8 Å². The highest BCUT2D eigenvalue weighted by Crippen LogP contribution is 2.27. The molecule has 0 radical (unpaired) electrons. The Balaban J connectivity index is 1.70. The van der Waals surface area contributed by atoms with Crippen LogP contribution >= 0.6 is 0 Å². The number of hydrogen-bond acceptors (Lipinski definition) is 7. The molecule has 3 rings (SSSR count). The Morgan fingerprint density at radius 1 is 1.23 bits per heavy atom. The monoisotopic (exact) mass is 484 g/mol. The van der Waals surface area contributed by atoms with Gasteiger partial charge in [0.25, 0.3) is 5.56 Å². The first-order valence-corrected chi connectivity index (χ1v) is 12.0. The van der Waals surface area contributed by atoms with Gasteiger partial charge in [0, 0.05) is 43.5 Å². The first-order chi connectivity index (χ1) is 16.6. The quantitative estimate of drug-likeness (QED) is 0.318. The lowest BCUT2D eigenvalue weighted by Crippen LogP contribution is -2.47. The Morgan fingerprint density at radius 3 is 2.60 bits per heavy atom. The van der Waals surface area contributed by atoms with E-state index in [1.807, 2.05) is 38.1 Å². The molecule has 9 heteroatoms. The lowest BCUT2D eigenvalue weighted by Gasteiger charge is -2.20. The van der Waals surface area contributed by atoms with Gasteiger partial charge in [0.05, 0.1) is 23.7 Å². The molecule has 0 fully saturated rings. The van der Waals surface area contributed by atoms with Crippen LogP contribution in [-0.4, -0.2) is 57.1 Å². The summed E-state index contributed by atoms with van der Waals surface area (Å²) in [6.45, 7) is 11.0. The Labute approximate surface area is 205 Å². The minimum atomic E-state index is -0.886. The largest absolute Gasteiger partial charge is 0.492 e. The van der Waals surface area contributed by atoms with Crippen molar-refractivity contribution in [3.63, 3.8) is 0 Å². The molecule has 0 aliphatic carbocycles. The van der Waals surface area contributed by atoms with Crippen molar-refractivity contribution >= 4 is 17.0 Å². The van der Waals surface area contributed by atoms with Gasteiger partial charge in [-0.3, -0.25) is 14.9 Å². The van der Waals surface area contributed by atoms with Crippen LogP contribution in [-0.2, 0) is 23.1 Å². The summed E-state index contributed by atoms with van der Waals surface area (Å²) in [4.78, 5) is 29.1. The van der Waals surface area contributed by atoms with Crippen LogP contribution < -0.4 is 15.6 Å². The molecule has 9 nitrogen and oxygen atoms in total. The van der Waals surface area contributed by atoms with Crippen molar-refractivity contribution in [1.29, 1.82) is 0 Å². The van der Waals surface area contributed by atoms with E-state index in [1.54, 1.807) is 31.7 Å². The number of ether oxygens (including phenoxy) is 2. The van der Waals surface area contributed by atoms with Gasteiger partial charge in [0.15, 0.2) is 0 Å². The highest BCUT2D eigenvalue weighted by atomic mass is 16.5. The minimum Gasteiger partial charge on any atom is -0.492 e. The molecule has 2 heterocycles. The summed E-state index contributed by atoms with van der Waals surface area (Å²) in [5.74, 6) is 1.20. The van der Waals surface area contributed by atoms with E-state index in [2.05, 4.69) is 16.8 Å². The molecule has 0 aliphatic rings. The molecule has 1 unspecified atom stereocenters. The van der Waals surface area contributed by atoms with Crippen molar-refractivity contribution in [3.8, 4) is 17.1 Å². The zero-order valence-corrected chi connectivity index (χ0v) is 21.4. The van der Waals surface area contributed by atoms with Gasteiger partial charge in [-0.2, -0.15) is 0 Å². The molecule has 2 atom stereocenters. The zero-order chi connectivity index (χ0) is 25.7. The van der Waals surface area contributed by atoms with E-state index < -0.39 is 18.1 Å². The fourth-order valence-electron chi connectivity index (χ4n) is 3.91. The van der Waals surface area contributed by atoms with Crippen molar-refractivity contribution < 1.29 is 19.4 Å². The minimum absolute atomic E-state index is 0.0248. The van der Waals surface area contributed by atoms with Gasteiger partial charge in [-0.25, -0.2) is 4.98 Å². The second-order valence-electron chi connectivity index (χ2n) is 9.20. The van der Waals surface area contributed by atoms with Crippen LogP contribution in [0.3, 0.4) is 0 Å². The normalized spacial score (nSPS) is 13.3. The maximum atomic E-state index is 12.2. The van der Waals surface area contributed by atoms with E-state index in [0.717, 1.165) is 29.0 Å². The number of pyridine rings is 1. The van der Waals surface area contributed by atoms with E-state index in [1.165, 1.54) is 0 Å². The van der Waals surface area contributed by atoms with Crippen molar-refractivity contribution in [2.24, 2.45) is 13.0 Å². The molecular formula is C26H36N4O5. The topological polar surface area (TPSA) is 108 Å². The van der Waals surface area contributed by atoms with Crippen molar-refractivity contribution in [3.05, 3.63) is 46.4 Å². The van der Waals surface area contributed by atoms with E-state index in [0.29, 0.717) is 31.1 Å². The lowest BCUT2D eigenvalue weighted by atomic mass is 10.2. The smallest absolute Gasteiger partial charge is 0.325 e. The molecule has 0 aliphatic heterocycles. The molecule has 190 valence electrons. The number of rotatable bonds is 11. The predicted molar refractivity (Wildman–Crippen MR) is 136 cm³/mol. The highest BCUT2D eigenvalue weighted by Gasteiger charge is 2.24. The van der Waals surface area contributed by atoms with Crippen LogP contribution in [0.2, 0.25) is 0 Å². The summed E-state index contributed by atoms with van der Waals surface area (Å²) in [5.41, 5.74) is 3.28. The number of nitrogens with one attached hydrogen (secondary N) is 1. The molecule has 3 aromatic rings. The molecular weight excluding hydrogens is 448 g/mol. The molecule has 2 aromatic heterocycles. The van der Waals surface area contributed by atoms with Crippen LogP contribution in [0.5, 0.6) is 5.75 Å². The third kappa shape index (κ3) is 6.29. The van der Waals surface area contributed by atoms with E-state index in [9.17, 15) is 14.7 Å². The summed E-state index contributed by atoms with van der Waals surface area (Å²) in [6.07, 6.45) is 0.917. The molecule has 0 saturated carbocycles. The molecule has 0 spiro atoms. The number of carbonyl (C=O) groups excluding carboxylic acids is 1. The average Bonchev–Trinajstić information content (AvgIpc) is 3.18. The maximum absolute atomic E-state index is 12.2. The second-order valence-corrected chi connectivity index (χ2v) is 9.20. The summed E-state index contributed by atoms with van der Waals surface area (Å²) >= 11 is 0. The second kappa shape index (κ2) is 11.5. The third-order valence-electron chi connectivity index (χ3n) is 5.69. The van der Waals surface area contributed by atoms with Gasteiger partial charge >= 0.3 is 5.97 Å². The lowest BCUT2D eigenvalue weighted by molar-refractivity contribution is -0.150. The van der Waals surface area contributed by atoms with E-state index in [-0.39, 0.29) is 11.5 Å². The first-order valence-electron chi connectivity index (χ1n) is 12.0. The van der Waals surface area contributed by atoms with Gasteiger partial charge in [-0.15, -0.1) is 0 Å². The van der Waals surface area contributed by atoms with Gasteiger partial charge in [-0.05, 0) is 44.9 Å². The van der Waals surface area contributed by atoms with Gasteiger partial charge < -0.3 is 23.7 Å². The number of aliphatic hydroxyl groups excluding tert-OH is 1. The van der Waals surface area contributed by atoms with Gasteiger partial charge in [-0.1, -0.05) is 13.8 Å². The first kappa shape index (κ1) is 26.4. The molecule has 0 saturated heterocycles. The number of nitrogens with zero attached hydrogens (tertiary/aromatic N) is 3.